The van der Waals surface area contributed by atoms with Crippen LogP contribution in [0.5, 0.6) is 0 Å². The molecule has 2 rings (SSSR count). The lowest BCUT2D eigenvalue weighted by atomic mass is 9.84. The molecule has 0 spiro atoms. The molecule has 1 aromatic carbocycles. The number of hydrogen-bond acceptors (Lipinski definition) is 2. The molecule has 1 saturated carbocycles. The summed E-state index contributed by atoms with van der Waals surface area (Å²) in [6, 6.07) is 8.79. The minimum Gasteiger partial charge on any atom is -0.327 e. The van der Waals surface area contributed by atoms with Gasteiger partial charge in [-0.05, 0) is 36.9 Å². The highest BCUT2D eigenvalue weighted by atomic mass is 79.9. The lowest BCUT2D eigenvalue weighted by Gasteiger charge is -2.33. The lowest BCUT2D eigenvalue weighted by molar-refractivity contribution is 0.173. The third-order valence-corrected chi connectivity index (χ3v) is 4.96. The highest BCUT2D eigenvalue weighted by Gasteiger charge is 2.36. The molecule has 0 radical (unpaired) electrons. The SMILES string of the molecule is CN(Cc1ccccc1Br)CC1(C)CCCC1N. The van der Waals surface area contributed by atoms with Gasteiger partial charge in [-0.1, -0.05) is 47.5 Å². The second-order valence-corrected chi connectivity index (χ2v) is 6.77. The van der Waals surface area contributed by atoms with E-state index < -0.39 is 0 Å². The van der Waals surface area contributed by atoms with Gasteiger partial charge < -0.3 is 10.6 Å². The Morgan fingerprint density at radius 3 is 2.78 bits per heavy atom. The van der Waals surface area contributed by atoms with Gasteiger partial charge in [-0.15, -0.1) is 0 Å². The van der Waals surface area contributed by atoms with Crippen LogP contribution < -0.4 is 5.73 Å². The fourth-order valence-electron chi connectivity index (χ4n) is 3.05. The van der Waals surface area contributed by atoms with E-state index in [9.17, 15) is 0 Å². The molecule has 2 atom stereocenters. The molecule has 2 nitrogen and oxygen atoms in total. The average molecular weight is 311 g/mol. The number of nitrogens with zero attached hydrogens (tertiary/aromatic N) is 1. The molecule has 100 valence electrons. The topological polar surface area (TPSA) is 29.3 Å². The summed E-state index contributed by atoms with van der Waals surface area (Å²) in [5.74, 6) is 0. The van der Waals surface area contributed by atoms with Crippen molar-refractivity contribution in [2.24, 2.45) is 11.1 Å². The van der Waals surface area contributed by atoms with Crippen LogP contribution in [0.1, 0.15) is 31.7 Å². The summed E-state index contributed by atoms with van der Waals surface area (Å²) in [5, 5.41) is 0. The van der Waals surface area contributed by atoms with E-state index in [0.29, 0.717) is 6.04 Å². The van der Waals surface area contributed by atoms with E-state index in [1.54, 1.807) is 0 Å². The molecule has 2 N–H and O–H groups in total. The maximum Gasteiger partial charge on any atom is 0.0242 e. The maximum absolute atomic E-state index is 6.25. The van der Waals surface area contributed by atoms with Crippen molar-refractivity contribution in [1.29, 1.82) is 0 Å². The van der Waals surface area contributed by atoms with E-state index in [1.165, 1.54) is 29.3 Å². The van der Waals surface area contributed by atoms with Gasteiger partial charge in [0.1, 0.15) is 0 Å². The summed E-state index contributed by atoms with van der Waals surface area (Å²) in [6.45, 7) is 4.39. The van der Waals surface area contributed by atoms with Gasteiger partial charge in [-0.25, -0.2) is 0 Å². The number of hydrogen-bond donors (Lipinski definition) is 1. The molecule has 2 unspecified atom stereocenters. The van der Waals surface area contributed by atoms with Crippen molar-refractivity contribution in [1.82, 2.24) is 4.90 Å². The Labute approximate surface area is 119 Å². The van der Waals surface area contributed by atoms with Gasteiger partial charge in [0.2, 0.25) is 0 Å². The number of rotatable bonds is 4. The minimum absolute atomic E-state index is 0.288. The van der Waals surface area contributed by atoms with Crippen LogP contribution in [0.3, 0.4) is 0 Å². The molecular weight excluding hydrogens is 288 g/mol. The van der Waals surface area contributed by atoms with Crippen LogP contribution in [0.4, 0.5) is 0 Å². The van der Waals surface area contributed by atoms with Crippen molar-refractivity contribution in [3.63, 3.8) is 0 Å². The van der Waals surface area contributed by atoms with Gasteiger partial charge >= 0.3 is 0 Å². The fraction of sp³-hybridized carbons (Fsp3) is 0.600. The van der Waals surface area contributed by atoms with Crippen molar-refractivity contribution >= 4 is 15.9 Å². The molecule has 0 heterocycles. The summed E-state index contributed by atoms with van der Waals surface area (Å²) in [4.78, 5) is 2.39. The Hall–Kier alpha value is -0.380. The Kier molecular flexibility index (Phi) is 4.46. The Balaban J connectivity index is 1.97. The zero-order valence-electron chi connectivity index (χ0n) is 11.3. The van der Waals surface area contributed by atoms with E-state index in [2.05, 4.69) is 59.1 Å². The van der Waals surface area contributed by atoms with Crippen LogP contribution in [0.2, 0.25) is 0 Å². The van der Waals surface area contributed by atoms with E-state index >= 15 is 0 Å². The third kappa shape index (κ3) is 3.14. The van der Waals surface area contributed by atoms with E-state index in [0.717, 1.165) is 13.1 Å². The number of nitrogens with two attached hydrogens (primary N) is 1. The largest absolute Gasteiger partial charge is 0.327 e. The normalized spacial score (nSPS) is 27.9. The minimum atomic E-state index is 0.288. The summed E-state index contributed by atoms with van der Waals surface area (Å²) >= 11 is 3.61. The van der Waals surface area contributed by atoms with Gasteiger partial charge in [-0.3, -0.25) is 0 Å². The van der Waals surface area contributed by atoms with Gasteiger partial charge in [0, 0.05) is 23.6 Å². The zero-order chi connectivity index (χ0) is 13.2. The van der Waals surface area contributed by atoms with Crippen LogP contribution in [-0.4, -0.2) is 24.5 Å². The molecular formula is C15H23BrN2. The summed E-state index contributed by atoms with van der Waals surface area (Å²) < 4.78 is 1.19. The van der Waals surface area contributed by atoms with Crippen LogP contribution in [-0.2, 0) is 6.54 Å². The molecule has 1 fully saturated rings. The standard InChI is InChI=1S/C15H23BrN2/c1-15(9-5-8-14(15)17)11-18(2)10-12-6-3-4-7-13(12)16/h3-4,6-7,14H,5,8-11,17H2,1-2H3. The van der Waals surface area contributed by atoms with Crippen molar-refractivity contribution in [3.8, 4) is 0 Å². The van der Waals surface area contributed by atoms with Crippen molar-refractivity contribution in [3.05, 3.63) is 34.3 Å². The Morgan fingerprint density at radius 1 is 1.44 bits per heavy atom. The van der Waals surface area contributed by atoms with Crippen molar-refractivity contribution in [2.75, 3.05) is 13.6 Å². The highest BCUT2D eigenvalue weighted by Crippen LogP contribution is 2.37. The quantitative estimate of drug-likeness (QED) is 0.923. The van der Waals surface area contributed by atoms with Crippen LogP contribution in [0.25, 0.3) is 0 Å². The lowest BCUT2D eigenvalue weighted by Crippen LogP contribution is -2.42. The highest BCUT2D eigenvalue weighted by molar-refractivity contribution is 9.10. The first-order valence-electron chi connectivity index (χ1n) is 6.69. The monoisotopic (exact) mass is 310 g/mol. The average Bonchev–Trinajstić information content (AvgIpc) is 2.62. The number of benzene rings is 1. The molecule has 0 amide bonds. The first kappa shape index (κ1) is 14.0. The molecule has 1 aliphatic carbocycles. The summed E-state index contributed by atoms with van der Waals surface area (Å²) in [7, 11) is 2.19. The molecule has 0 aliphatic heterocycles. The predicted octanol–water partition coefficient (Wildman–Crippen LogP) is 3.40. The molecule has 0 bridgehead atoms. The Bertz CT molecular complexity index is 407. The molecule has 1 aliphatic rings. The van der Waals surface area contributed by atoms with Crippen LogP contribution in [0.15, 0.2) is 28.7 Å². The second kappa shape index (κ2) is 5.72. The fourth-order valence-corrected chi connectivity index (χ4v) is 3.46. The second-order valence-electron chi connectivity index (χ2n) is 5.92. The van der Waals surface area contributed by atoms with Gasteiger partial charge in [0.15, 0.2) is 0 Å². The molecule has 0 aromatic heterocycles. The maximum atomic E-state index is 6.25. The first-order valence-corrected chi connectivity index (χ1v) is 7.48. The third-order valence-electron chi connectivity index (χ3n) is 4.19. The Morgan fingerprint density at radius 2 is 2.17 bits per heavy atom. The van der Waals surface area contributed by atoms with E-state index in [-0.39, 0.29) is 5.41 Å². The van der Waals surface area contributed by atoms with Crippen LogP contribution >= 0.6 is 15.9 Å². The summed E-state index contributed by atoms with van der Waals surface area (Å²) in [6.07, 6.45) is 3.72. The zero-order valence-corrected chi connectivity index (χ0v) is 12.9. The smallest absolute Gasteiger partial charge is 0.0242 e. The van der Waals surface area contributed by atoms with E-state index in [4.69, 9.17) is 5.73 Å². The summed E-state index contributed by atoms with van der Waals surface area (Å²) in [5.41, 5.74) is 7.88. The van der Waals surface area contributed by atoms with Gasteiger partial charge in [0.05, 0.1) is 0 Å². The molecule has 3 heteroatoms. The first-order chi connectivity index (χ1) is 8.51. The predicted molar refractivity (Wildman–Crippen MR) is 80.4 cm³/mol. The molecule has 1 aromatic rings. The van der Waals surface area contributed by atoms with Gasteiger partial charge in [-0.2, -0.15) is 0 Å². The molecule has 18 heavy (non-hydrogen) atoms. The van der Waals surface area contributed by atoms with E-state index in [1.807, 2.05) is 0 Å². The van der Waals surface area contributed by atoms with Gasteiger partial charge in [0.25, 0.3) is 0 Å². The molecule has 0 saturated heterocycles. The van der Waals surface area contributed by atoms with Crippen molar-refractivity contribution < 1.29 is 0 Å². The van der Waals surface area contributed by atoms with Crippen LogP contribution in [0, 0.1) is 5.41 Å². The van der Waals surface area contributed by atoms with Crippen molar-refractivity contribution in [2.45, 2.75) is 38.8 Å². The number of halogens is 1.